The smallest absolute Gasteiger partial charge is 0.226 e. The molecule has 8 nitrogen and oxygen atoms in total. The predicted octanol–water partition coefficient (Wildman–Crippen LogP) is 4.02. The van der Waals surface area contributed by atoms with Crippen LogP contribution in [0, 0.1) is 5.41 Å². The lowest BCUT2D eigenvalue weighted by atomic mass is 9.73. The minimum absolute atomic E-state index is 0.114. The Labute approximate surface area is 186 Å². The first-order valence-corrected chi connectivity index (χ1v) is 10.5. The van der Waals surface area contributed by atoms with E-state index in [9.17, 15) is 4.79 Å². The molecule has 1 aliphatic heterocycles. The molecule has 3 aromatic rings. The standard InChI is InChI=1S/C24H25N5O3/c1-24(2)11-16-20(17(30)12-24)21(15-6-5-9-25-13-15)29-23(26-16)27-22(28-29)14-7-8-18(31-3)19(10-14)32-4/h5-10,13,21H,11-12H2,1-4H3,(H,26,27,28)/t21-/m1/s1. The Kier molecular flexibility index (Phi) is 4.73. The van der Waals surface area contributed by atoms with Crippen LogP contribution < -0.4 is 14.8 Å². The second kappa shape index (κ2) is 7.47. The molecular weight excluding hydrogens is 406 g/mol. The van der Waals surface area contributed by atoms with Gasteiger partial charge < -0.3 is 14.8 Å². The zero-order valence-corrected chi connectivity index (χ0v) is 18.5. The second-order valence-corrected chi connectivity index (χ2v) is 8.92. The molecule has 164 valence electrons. The van der Waals surface area contributed by atoms with Crippen LogP contribution in [0.4, 0.5) is 5.95 Å². The van der Waals surface area contributed by atoms with Crippen LogP contribution in [0.3, 0.4) is 0 Å². The summed E-state index contributed by atoms with van der Waals surface area (Å²) in [4.78, 5) is 22.3. The molecule has 0 radical (unpaired) electrons. The molecule has 0 saturated heterocycles. The van der Waals surface area contributed by atoms with Gasteiger partial charge in [-0.3, -0.25) is 9.78 Å². The third-order valence-electron chi connectivity index (χ3n) is 5.97. The summed E-state index contributed by atoms with van der Waals surface area (Å²) < 4.78 is 12.6. The highest BCUT2D eigenvalue weighted by atomic mass is 16.5. The first-order valence-electron chi connectivity index (χ1n) is 10.5. The monoisotopic (exact) mass is 431 g/mol. The second-order valence-electron chi connectivity index (χ2n) is 8.92. The Hall–Kier alpha value is -3.68. The molecule has 3 heterocycles. The molecule has 0 fully saturated rings. The van der Waals surface area contributed by atoms with Crippen LogP contribution >= 0.6 is 0 Å². The van der Waals surface area contributed by atoms with E-state index in [1.807, 2.05) is 30.3 Å². The van der Waals surface area contributed by atoms with Crippen molar-refractivity contribution in [3.05, 3.63) is 59.6 Å². The minimum Gasteiger partial charge on any atom is -0.493 e. The van der Waals surface area contributed by atoms with E-state index in [4.69, 9.17) is 19.6 Å². The van der Waals surface area contributed by atoms with Crippen LogP contribution in [0.5, 0.6) is 11.5 Å². The number of benzene rings is 1. The number of nitrogens with zero attached hydrogens (tertiary/aromatic N) is 4. The van der Waals surface area contributed by atoms with E-state index in [0.717, 1.165) is 28.8 Å². The molecule has 8 heteroatoms. The number of rotatable bonds is 4. The third-order valence-corrected chi connectivity index (χ3v) is 5.97. The lowest BCUT2D eigenvalue weighted by Gasteiger charge is -2.38. The van der Waals surface area contributed by atoms with Crippen molar-refractivity contribution in [1.82, 2.24) is 19.7 Å². The van der Waals surface area contributed by atoms with Crippen LogP contribution in [-0.2, 0) is 4.79 Å². The average Bonchev–Trinajstić information content (AvgIpc) is 3.20. The molecule has 0 bridgehead atoms. The number of allylic oxidation sites excluding steroid dienone is 2. The van der Waals surface area contributed by atoms with Gasteiger partial charge in [-0.05, 0) is 41.7 Å². The first kappa shape index (κ1) is 20.2. The van der Waals surface area contributed by atoms with Gasteiger partial charge >= 0.3 is 0 Å². The summed E-state index contributed by atoms with van der Waals surface area (Å²) in [6.45, 7) is 4.23. The lowest BCUT2D eigenvalue weighted by Crippen LogP contribution is -2.36. The number of nitrogens with one attached hydrogen (secondary N) is 1. The summed E-state index contributed by atoms with van der Waals surface area (Å²) in [5.41, 5.74) is 3.24. The van der Waals surface area contributed by atoms with Gasteiger partial charge in [0.25, 0.3) is 0 Å². The molecule has 32 heavy (non-hydrogen) atoms. The fraction of sp³-hybridized carbons (Fsp3) is 0.333. The Morgan fingerprint density at radius 2 is 1.94 bits per heavy atom. The number of anilines is 1. The quantitative estimate of drug-likeness (QED) is 0.667. The summed E-state index contributed by atoms with van der Waals surface area (Å²) >= 11 is 0. The van der Waals surface area contributed by atoms with E-state index in [0.29, 0.717) is 29.7 Å². The summed E-state index contributed by atoms with van der Waals surface area (Å²) in [6.07, 6.45) is 4.78. The molecule has 0 spiro atoms. The minimum atomic E-state index is -0.375. The van der Waals surface area contributed by atoms with E-state index >= 15 is 0 Å². The van der Waals surface area contributed by atoms with Crippen molar-refractivity contribution in [2.75, 3.05) is 19.5 Å². The fourth-order valence-electron chi connectivity index (χ4n) is 4.55. The van der Waals surface area contributed by atoms with Crippen molar-refractivity contribution in [1.29, 1.82) is 0 Å². The molecule has 5 rings (SSSR count). The normalized spacial score (nSPS) is 19.1. The topological polar surface area (TPSA) is 91.2 Å². The number of carbonyl (C=O) groups excluding carboxylic acids is 1. The highest BCUT2D eigenvalue weighted by molar-refractivity contribution is 6.00. The van der Waals surface area contributed by atoms with E-state index < -0.39 is 0 Å². The Bertz CT molecular complexity index is 1230. The Balaban J connectivity index is 1.65. The molecule has 0 amide bonds. The maximum atomic E-state index is 13.3. The van der Waals surface area contributed by atoms with Crippen molar-refractivity contribution in [2.24, 2.45) is 5.41 Å². The zero-order chi connectivity index (χ0) is 22.5. The van der Waals surface area contributed by atoms with E-state index in [1.165, 1.54) is 0 Å². The van der Waals surface area contributed by atoms with Crippen LogP contribution in [0.1, 0.15) is 38.3 Å². The number of aromatic nitrogens is 4. The molecule has 2 aromatic heterocycles. The van der Waals surface area contributed by atoms with Gasteiger partial charge in [-0.25, -0.2) is 4.68 Å². The number of hydrogen-bond donors (Lipinski definition) is 1. The number of methoxy groups -OCH3 is 2. The van der Waals surface area contributed by atoms with Crippen molar-refractivity contribution < 1.29 is 14.3 Å². The van der Waals surface area contributed by atoms with E-state index in [2.05, 4.69) is 24.1 Å². The molecule has 1 aliphatic carbocycles. The highest BCUT2D eigenvalue weighted by Crippen LogP contribution is 2.45. The number of Topliss-reactive ketones (excluding diaryl/α,β-unsaturated/α-hetero) is 1. The number of pyridine rings is 1. The van der Waals surface area contributed by atoms with Crippen LogP contribution in [0.15, 0.2) is 54.0 Å². The maximum Gasteiger partial charge on any atom is 0.226 e. The molecule has 2 aliphatic rings. The number of ether oxygens (including phenoxy) is 2. The first-order chi connectivity index (χ1) is 15.4. The molecule has 1 aromatic carbocycles. The molecule has 0 saturated carbocycles. The van der Waals surface area contributed by atoms with Gasteiger partial charge in [0.2, 0.25) is 5.95 Å². The van der Waals surface area contributed by atoms with Crippen molar-refractivity contribution >= 4 is 11.7 Å². The molecule has 1 atom stereocenters. The molecular formula is C24H25N5O3. The maximum absolute atomic E-state index is 13.3. The summed E-state index contributed by atoms with van der Waals surface area (Å²) in [6, 6.07) is 9.04. The zero-order valence-electron chi connectivity index (χ0n) is 18.5. The van der Waals surface area contributed by atoms with Crippen LogP contribution in [0.2, 0.25) is 0 Å². The highest BCUT2D eigenvalue weighted by Gasteiger charge is 2.42. The van der Waals surface area contributed by atoms with Crippen molar-refractivity contribution in [3.8, 4) is 22.9 Å². The lowest BCUT2D eigenvalue weighted by molar-refractivity contribution is -0.118. The molecule has 0 unspecified atom stereocenters. The van der Waals surface area contributed by atoms with Crippen LogP contribution in [0.25, 0.3) is 11.4 Å². The van der Waals surface area contributed by atoms with Crippen molar-refractivity contribution in [3.63, 3.8) is 0 Å². The summed E-state index contributed by atoms with van der Waals surface area (Å²) in [5, 5.41) is 8.20. The van der Waals surface area contributed by atoms with Crippen molar-refractivity contribution in [2.45, 2.75) is 32.7 Å². The number of ketones is 1. The van der Waals surface area contributed by atoms with Crippen LogP contribution in [-0.4, -0.2) is 39.8 Å². The van der Waals surface area contributed by atoms with Gasteiger partial charge in [0.15, 0.2) is 23.1 Å². The van der Waals surface area contributed by atoms with Gasteiger partial charge in [0, 0.05) is 35.6 Å². The van der Waals surface area contributed by atoms with Gasteiger partial charge in [-0.15, -0.1) is 5.10 Å². The summed E-state index contributed by atoms with van der Waals surface area (Å²) in [5.74, 6) is 2.51. The average molecular weight is 431 g/mol. The van der Waals surface area contributed by atoms with Gasteiger partial charge in [0.05, 0.1) is 14.2 Å². The number of hydrogen-bond acceptors (Lipinski definition) is 7. The van der Waals surface area contributed by atoms with E-state index in [1.54, 1.807) is 31.3 Å². The van der Waals surface area contributed by atoms with Gasteiger partial charge in [0.1, 0.15) is 6.04 Å². The Morgan fingerprint density at radius 3 is 2.66 bits per heavy atom. The predicted molar refractivity (Wildman–Crippen MR) is 120 cm³/mol. The largest absolute Gasteiger partial charge is 0.493 e. The van der Waals surface area contributed by atoms with E-state index in [-0.39, 0.29) is 17.2 Å². The third kappa shape index (κ3) is 3.32. The number of carbonyl (C=O) groups is 1. The van der Waals surface area contributed by atoms with Gasteiger partial charge in [-0.1, -0.05) is 19.9 Å². The number of fused-ring (bicyclic) bond motifs is 1. The summed E-state index contributed by atoms with van der Waals surface area (Å²) in [7, 11) is 3.20. The SMILES string of the molecule is COc1ccc(-c2nc3n(n2)[C@H](c2cccnc2)C2=C(CC(C)(C)CC2=O)N3)cc1OC. The molecule has 1 N–H and O–H groups in total. The fourth-order valence-corrected chi connectivity index (χ4v) is 4.55. The Morgan fingerprint density at radius 1 is 1.12 bits per heavy atom. The van der Waals surface area contributed by atoms with Gasteiger partial charge in [-0.2, -0.15) is 4.98 Å².